The Bertz CT molecular complexity index is 751. The number of anilines is 1. The maximum atomic E-state index is 12.9. The number of hydrogen-bond donors (Lipinski definition) is 1. The fraction of sp³-hybridized carbons (Fsp3) is 0.789. The maximum Gasteiger partial charge on any atom is 0.246 e. The summed E-state index contributed by atoms with van der Waals surface area (Å²) in [6, 6.07) is 1.81. The van der Waals surface area contributed by atoms with E-state index in [4.69, 9.17) is 0 Å². The van der Waals surface area contributed by atoms with Gasteiger partial charge >= 0.3 is 0 Å². The lowest BCUT2D eigenvalue weighted by Gasteiger charge is -2.28. The van der Waals surface area contributed by atoms with Crippen LogP contribution in [0.15, 0.2) is 6.07 Å². The summed E-state index contributed by atoms with van der Waals surface area (Å²) in [5, 5.41) is 7.19. The van der Waals surface area contributed by atoms with Crippen molar-refractivity contribution in [2.75, 3.05) is 11.1 Å². The fourth-order valence-corrected chi connectivity index (χ4v) is 4.94. The molecule has 1 heterocycles. The van der Waals surface area contributed by atoms with E-state index in [-0.39, 0.29) is 17.1 Å². The lowest BCUT2D eigenvalue weighted by Crippen LogP contribution is -2.47. The van der Waals surface area contributed by atoms with Crippen LogP contribution >= 0.6 is 0 Å². The minimum atomic E-state index is -3.55. The highest BCUT2D eigenvalue weighted by Crippen LogP contribution is 2.30. The zero-order valence-electron chi connectivity index (χ0n) is 16.9. The Morgan fingerprint density at radius 3 is 2.27 bits per heavy atom. The molecule has 7 heteroatoms. The van der Waals surface area contributed by atoms with Gasteiger partial charge in [-0.3, -0.25) is 9.48 Å². The van der Waals surface area contributed by atoms with Crippen LogP contribution in [0.25, 0.3) is 0 Å². The van der Waals surface area contributed by atoms with Gasteiger partial charge in [-0.15, -0.1) is 0 Å². The number of carbonyl (C=O) groups excluding carboxylic acids is 1. The molecule has 1 saturated carbocycles. The topological polar surface area (TPSA) is 81.1 Å². The van der Waals surface area contributed by atoms with Crippen molar-refractivity contribution in [3.63, 3.8) is 0 Å². The summed E-state index contributed by atoms with van der Waals surface area (Å²) in [5.41, 5.74) is 0.696. The monoisotopic (exact) mass is 383 g/mol. The molecule has 1 amide bonds. The largest absolute Gasteiger partial charge is 0.310 e. The minimum Gasteiger partial charge on any atom is -0.310 e. The van der Waals surface area contributed by atoms with E-state index in [1.807, 2.05) is 26.8 Å². The highest BCUT2D eigenvalue weighted by molar-refractivity contribution is 7.93. The fourth-order valence-electron chi connectivity index (χ4n) is 3.23. The first-order valence-electron chi connectivity index (χ1n) is 9.43. The number of rotatable bonds is 5. The van der Waals surface area contributed by atoms with Crippen LogP contribution in [0.1, 0.15) is 72.4 Å². The SMILES string of the molecule is Cn1nc(C(C)(C)C)cc1NC(=O)C(C)(C)S(=O)(=O)CC1CCCCC1. The van der Waals surface area contributed by atoms with Crippen LogP contribution in [0, 0.1) is 5.92 Å². The predicted molar refractivity (Wildman–Crippen MR) is 105 cm³/mol. The third-order valence-electron chi connectivity index (χ3n) is 5.39. The Morgan fingerprint density at radius 2 is 1.77 bits per heavy atom. The first-order valence-corrected chi connectivity index (χ1v) is 11.1. The molecule has 1 aliphatic rings. The lowest BCUT2D eigenvalue weighted by atomic mass is 9.91. The number of carbonyl (C=O) groups is 1. The van der Waals surface area contributed by atoms with E-state index >= 15 is 0 Å². The smallest absolute Gasteiger partial charge is 0.246 e. The number of aromatic nitrogens is 2. The van der Waals surface area contributed by atoms with Gasteiger partial charge in [0.25, 0.3) is 0 Å². The number of nitrogens with one attached hydrogen (secondary N) is 1. The summed E-state index contributed by atoms with van der Waals surface area (Å²) < 4.78 is 25.9. The highest BCUT2D eigenvalue weighted by Gasteiger charge is 2.43. The normalized spacial score (nSPS) is 17.3. The molecule has 0 spiro atoms. The molecular weight excluding hydrogens is 350 g/mol. The number of sulfone groups is 1. The molecule has 148 valence electrons. The van der Waals surface area contributed by atoms with Crippen molar-refractivity contribution in [2.45, 2.75) is 76.9 Å². The third-order valence-corrected chi connectivity index (χ3v) is 8.04. The summed E-state index contributed by atoms with van der Waals surface area (Å²) in [7, 11) is -1.81. The van der Waals surface area contributed by atoms with Gasteiger partial charge in [0, 0.05) is 18.5 Å². The minimum absolute atomic E-state index is 0.0893. The molecule has 1 aromatic rings. The molecule has 1 aromatic heterocycles. The number of aryl methyl sites for hydroxylation is 1. The molecule has 0 aromatic carbocycles. The predicted octanol–water partition coefficient (Wildman–Crippen LogP) is 3.43. The van der Waals surface area contributed by atoms with Crippen molar-refractivity contribution in [1.82, 2.24) is 9.78 Å². The van der Waals surface area contributed by atoms with Crippen molar-refractivity contribution < 1.29 is 13.2 Å². The maximum absolute atomic E-state index is 12.9. The summed E-state index contributed by atoms with van der Waals surface area (Å²) in [5.74, 6) is 0.272. The van der Waals surface area contributed by atoms with Gasteiger partial charge < -0.3 is 5.32 Å². The van der Waals surface area contributed by atoms with Crippen LogP contribution in [-0.4, -0.2) is 34.6 Å². The van der Waals surface area contributed by atoms with Gasteiger partial charge in [0.05, 0.1) is 11.4 Å². The Kier molecular flexibility index (Phi) is 5.90. The molecule has 1 fully saturated rings. The molecular formula is C19H33N3O3S. The molecule has 6 nitrogen and oxygen atoms in total. The van der Waals surface area contributed by atoms with Crippen LogP contribution in [0.3, 0.4) is 0 Å². The number of amides is 1. The Labute approximate surface area is 157 Å². The Balaban J connectivity index is 2.15. The Hall–Kier alpha value is -1.37. The van der Waals surface area contributed by atoms with Crippen molar-refractivity contribution >= 4 is 21.6 Å². The van der Waals surface area contributed by atoms with E-state index in [9.17, 15) is 13.2 Å². The Morgan fingerprint density at radius 1 is 1.19 bits per heavy atom. The van der Waals surface area contributed by atoms with Crippen LogP contribution in [0.2, 0.25) is 0 Å². The highest BCUT2D eigenvalue weighted by atomic mass is 32.2. The molecule has 1 N–H and O–H groups in total. The first-order chi connectivity index (χ1) is 11.8. The molecule has 0 atom stereocenters. The van der Waals surface area contributed by atoms with Gasteiger partial charge in [-0.05, 0) is 32.6 Å². The van der Waals surface area contributed by atoms with Crippen molar-refractivity contribution in [3.05, 3.63) is 11.8 Å². The third kappa shape index (κ3) is 4.48. The summed E-state index contributed by atoms with van der Waals surface area (Å²) in [6.45, 7) is 9.13. The summed E-state index contributed by atoms with van der Waals surface area (Å²) in [6.07, 6.45) is 5.22. The van der Waals surface area contributed by atoms with E-state index in [1.165, 1.54) is 20.3 Å². The molecule has 0 unspecified atom stereocenters. The van der Waals surface area contributed by atoms with Gasteiger partial charge in [0.1, 0.15) is 10.6 Å². The van der Waals surface area contributed by atoms with E-state index in [0.717, 1.165) is 31.4 Å². The lowest BCUT2D eigenvalue weighted by molar-refractivity contribution is -0.117. The molecule has 2 rings (SSSR count). The van der Waals surface area contributed by atoms with Gasteiger partial charge in [-0.2, -0.15) is 5.10 Å². The van der Waals surface area contributed by atoms with Crippen molar-refractivity contribution in [3.8, 4) is 0 Å². The quantitative estimate of drug-likeness (QED) is 0.844. The molecule has 0 bridgehead atoms. The van der Waals surface area contributed by atoms with E-state index < -0.39 is 20.5 Å². The van der Waals surface area contributed by atoms with E-state index in [0.29, 0.717) is 5.82 Å². The molecule has 0 aliphatic heterocycles. The van der Waals surface area contributed by atoms with E-state index in [2.05, 4.69) is 10.4 Å². The van der Waals surface area contributed by atoms with Gasteiger partial charge in [0.2, 0.25) is 5.91 Å². The van der Waals surface area contributed by atoms with Gasteiger partial charge in [-0.25, -0.2) is 8.42 Å². The van der Waals surface area contributed by atoms with Gasteiger partial charge in [0.15, 0.2) is 9.84 Å². The second kappa shape index (κ2) is 7.33. The summed E-state index contributed by atoms with van der Waals surface area (Å²) in [4.78, 5) is 12.8. The van der Waals surface area contributed by atoms with Crippen LogP contribution < -0.4 is 5.32 Å². The zero-order valence-corrected chi connectivity index (χ0v) is 17.7. The molecule has 0 radical (unpaired) electrons. The number of hydrogen-bond acceptors (Lipinski definition) is 4. The van der Waals surface area contributed by atoms with E-state index in [1.54, 1.807) is 11.7 Å². The van der Waals surface area contributed by atoms with Crippen LogP contribution in [0.4, 0.5) is 5.82 Å². The number of nitrogens with zero attached hydrogens (tertiary/aromatic N) is 2. The molecule has 0 saturated heterocycles. The zero-order chi connectivity index (χ0) is 19.8. The molecule has 1 aliphatic carbocycles. The van der Waals surface area contributed by atoms with Crippen LogP contribution in [-0.2, 0) is 27.1 Å². The average molecular weight is 384 g/mol. The van der Waals surface area contributed by atoms with Gasteiger partial charge in [-0.1, -0.05) is 40.0 Å². The average Bonchev–Trinajstić information content (AvgIpc) is 2.89. The summed E-state index contributed by atoms with van der Waals surface area (Å²) >= 11 is 0. The second-order valence-electron chi connectivity index (χ2n) is 9.04. The van der Waals surface area contributed by atoms with Crippen molar-refractivity contribution in [1.29, 1.82) is 0 Å². The second-order valence-corrected chi connectivity index (χ2v) is 11.6. The van der Waals surface area contributed by atoms with Crippen molar-refractivity contribution in [2.24, 2.45) is 13.0 Å². The molecule has 26 heavy (non-hydrogen) atoms. The van der Waals surface area contributed by atoms with Crippen LogP contribution in [0.5, 0.6) is 0 Å². The standard InChI is InChI=1S/C19H33N3O3S/c1-18(2,3)15-12-16(22(6)21-15)20-17(23)19(4,5)26(24,25)13-14-10-8-7-9-11-14/h12,14H,7-11,13H2,1-6H3,(H,20,23). The first kappa shape index (κ1) is 20.9.